The highest BCUT2D eigenvalue weighted by atomic mass is 16.2. The van der Waals surface area contributed by atoms with Crippen LogP contribution in [0.15, 0.2) is 60.8 Å². The van der Waals surface area contributed by atoms with Crippen LogP contribution in [0.5, 0.6) is 0 Å². The highest BCUT2D eigenvalue weighted by Gasteiger charge is 2.20. The lowest BCUT2D eigenvalue weighted by Gasteiger charge is -2.26. The van der Waals surface area contributed by atoms with Gasteiger partial charge in [-0.3, -0.25) is 4.79 Å². The molecule has 24 heavy (non-hydrogen) atoms. The second kappa shape index (κ2) is 6.64. The third-order valence-corrected chi connectivity index (χ3v) is 4.56. The van der Waals surface area contributed by atoms with E-state index in [1.165, 1.54) is 16.7 Å². The summed E-state index contributed by atoms with van der Waals surface area (Å²) in [5.74, 6) is 0.0867. The monoisotopic (exact) mass is 319 g/mol. The van der Waals surface area contributed by atoms with Crippen LogP contribution < -0.4 is 0 Å². The molecule has 0 spiro atoms. The maximum Gasteiger partial charge on any atom is 0.257 e. The van der Waals surface area contributed by atoms with Crippen LogP contribution in [-0.4, -0.2) is 17.4 Å². The van der Waals surface area contributed by atoms with Crippen molar-refractivity contribution in [1.82, 2.24) is 4.90 Å². The van der Waals surface area contributed by atoms with Crippen LogP contribution in [0.1, 0.15) is 55.1 Å². The van der Waals surface area contributed by atoms with Crippen LogP contribution >= 0.6 is 0 Å². The van der Waals surface area contributed by atoms with Gasteiger partial charge in [0.05, 0.1) is 0 Å². The Morgan fingerprint density at radius 3 is 2.25 bits per heavy atom. The third kappa shape index (κ3) is 3.59. The molecule has 2 aromatic carbocycles. The topological polar surface area (TPSA) is 20.3 Å². The predicted octanol–water partition coefficient (Wildman–Crippen LogP) is 5.26. The molecule has 2 nitrogen and oxygen atoms in total. The standard InChI is InChI=1S/C22H25NO/c1-22(2,3)20-13-11-18(12-14-20)21(24)23-15-7-10-19(16-23)17-8-5-4-6-9-17/h4-6,8-9,11-14,16H,7,10,15H2,1-3H3. The molecule has 1 aliphatic heterocycles. The number of amides is 1. The van der Waals surface area contributed by atoms with Gasteiger partial charge in [0.15, 0.2) is 0 Å². The van der Waals surface area contributed by atoms with E-state index in [1.54, 1.807) is 0 Å². The first-order chi connectivity index (χ1) is 11.4. The summed E-state index contributed by atoms with van der Waals surface area (Å²) in [6, 6.07) is 18.4. The van der Waals surface area contributed by atoms with Crippen molar-refractivity contribution in [3.8, 4) is 0 Å². The Labute approximate surface area is 144 Å². The maximum atomic E-state index is 12.8. The van der Waals surface area contributed by atoms with Crippen molar-refractivity contribution >= 4 is 11.5 Å². The van der Waals surface area contributed by atoms with E-state index in [-0.39, 0.29) is 11.3 Å². The highest BCUT2D eigenvalue weighted by molar-refractivity contribution is 5.95. The smallest absolute Gasteiger partial charge is 0.257 e. The van der Waals surface area contributed by atoms with E-state index in [1.807, 2.05) is 41.4 Å². The summed E-state index contributed by atoms with van der Waals surface area (Å²) in [5, 5.41) is 0. The van der Waals surface area contributed by atoms with Crippen molar-refractivity contribution < 1.29 is 4.79 Å². The highest BCUT2D eigenvalue weighted by Crippen LogP contribution is 2.26. The van der Waals surface area contributed by atoms with Gasteiger partial charge in [-0.2, -0.15) is 0 Å². The predicted molar refractivity (Wildman–Crippen MR) is 99.8 cm³/mol. The zero-order valence-corrected chi connectivity index (χ0v) is 14.8. The first kappa shape index (κ1) is 16.5. The molecule has 0 N–H and O–H groups in total. The lowest BCUT2D eigenvalue weighted by Crippen LogP contribution is -2.29. The molecule has 3 rings (SSSR count). The van der Waals surface area contributed by atoms with E-state index in [4.69, 9.17) is 0 Å². The van der Waals surface area contributed by atoms with Gasteiger partial charge >= 0.3 is 0 Å². The largest absolute Gasteiger partial charge is 0.315 e. The molecule has 0 aromatic heterocycles. The summed E-state index contributed by atoms with van der Waals surface area (Å²) in [4.78, 5) is 14.7. The van der Waals surface area contributed by atoms with E-state index in [2.05, 4.69) is 45.0 Å². The molecule has 2 heteroatoms. The molecule has 124 valence electrons. The van der Waals surface area contributed by atoms with Gasteiger partial charge in [-0.25, -0.2) is 0 Å². The third-order valence-electron chi connectivity index (χ3n) is 4.56. The lowest BCUT2D eigenvalue weighted by molar-refractivity contribution is 0.0817. The molecule has 0 aliphatic carbocycles. The van der Waals surface area contributed by atoms with Crippen molar-refractivity contribution in [2.45, 2.75) is 39.0 Å². The molecule has 0 saturated carbocycles. The fraction of sp³-hybridized carbons (Fsp3) is 0.318. The Balaban J connectivity index is 1.82. The molecule has 0 fully saturated rings. The Hall–Kier alpha value is -2.35. The van der Waals surface area contributed by atoms with E-state index in [0.717, 1.165) is 24.9 Å². The molecular weight excluding hydrogens is 294 g/mol. The second-order valence-corrected chi connectivity index (χ2v) is 7.45. The molecule has 0 bridgehead atoms. The Bertz CT molecular complexity index is 736. The maximum absolute atomic E-state index is 12.8. The van der Waals surface area contributed by atoms with Crippen molar-refractivity contribution in [2.75, 3.05) is 6.54 Å². The van der Waals surface area contributed by atoms with E-state index in [9.17, 15) is 4.79 Å². The summed E-state index contributed by atoms with van der Waals surface area (Å²) in [5.41, 5.74) is 4.55. The molecule has 0 saturated heterocycles. The van der Waals surface area contributed by atoms with Crippen molar-refractivity contribution in [3.05, 3.63) is 77.5 Å². The molecule has 1 aliphatic rings. The van der Waals surface area contributed by atoms with Crippen molar-refractivity contribution in [2.24, 2.45) is 0 Å². The van der Waals surface area contributed by atoms with E-state index < -0.39 is 0 Å². The Morgan fingerprint density at radius 1 is 0.958 bits per heavy atom. The molecule has 1 amide bonds. The van der Waals surface area contributed by atoms with Crippen molar-refractivity contribution in [1.29, 1.82) is 0 Å². The fourth-order valence-electron chi connectivity index (χ4n) is 3.07. The summed E-state index contributed by atoms with van der Waals surface area (Å²) >= 11 is 0. The number of benzene rings is 2. The molecular formula is C22H25NO. The van der Waals surface area contributed by atoms with Gasteiger partial charge in [-0.1, -0.05) is 63.2 Å². The van der Waals surface area contributed by atoms with Gasteiger partial charge in [0.1, 0.15) is 0 Å². The number of hydrogen-bond acceptors (Lipinski definition) is 1. The van der Waals surface area contributed by atoms with Crippen LogP contribution in [0.4, 0.5) is 0 Å². The first-order valence-corrected chi connectivity index (χ1v) is 8.63. The fourth-order valence-corrected chi connectivity index (χ4v) is 3.07. The number of carbonyl (C=O) groups excluding carboxylic acids is 1. The van der Waals surface area contributed by atoms with Gasteiger partial charge in [-0.15, -0.1) is 0 Å². The minimum absolute atomic E-state index is 0.0867. The van der Waals surface area contributed by atoms with E-state index >= 15 is 0 Å². The summed E-state index contributed by atoms with van der Waals surface area (Å²) in [7, 11) is 0. The molecule has 0 atom stereocenters. The van der Waals surface area contributed by atoms with Gasteiger partial charge in [0, 0.05) is 18.3 Å². The average Bonchev–Trinajstić information content (AvgIpc) is 2.61. The summed E-state index contributed by atoms with van der Waals surface area (Å²) < 4.78 is 0. The molecule has 0 unspecified atom stereocenters. The van der Waals surface area contributed by atoms with Gasteiger partial charge < -0.3 is 4.90 Å². The quantitative estimate of drug-likeness (QED) is 0.739. The minimum Gasteiger partial charge on any atom is -0.315 e. The zero-order valence-electron chi connectivity index (χ0n) is 14.8. The molecule has 1 heterocycles. The molecule has 0 radical (unpaired) electrons. The Morgan fingerprint density at radius 2 is 1.62 bits per heavy atom. The summed E-state index contributed by atoms with van der Waals surface area (Å²) in [6.07, 6.45) is 4.06. The second-order valence-electron chi connectivity index (χ2n) is 7.45. The number of carbonyl (C=O) groups is 1. The first-order valence-electron chi connectivity index (χ1n) is 8.63. The van der Waals surface area contributed by atoms with Crippen molar-refractivity contribution in [3.63, 3.8) is 0 Å². The van der Waals surface area contributed by atoms with Crippen LogP contribution in [0.3, 0.4) is 0 Å². The van der Waals surface area contributed by atoms with Crippen LogP contribution in [0.2, 0.25) is 0 Å². The molecule has 2 aromatic rings. The Kier molecular flexibility index (Phi) is 4.57. The van der Waals surface area contributed by atoms with Crippen LogP contribution in [-0.2, 0) is 5.41 Å². The van der Waals surface area contributed by atoms with Gasteiger partial charge in [-0.05, 0) is 47.1 Å². The average molecular weight is 319 g/mol. The normalized spacial score (nSPS) is 15.1. The van der Waals surface area contributed by atoms with Crippen LogP contribution in [0, 0.1) is 0 Å². The number of allylic oxidation sites excluding steroid dienone is 1. The summed E-state index contributed by atoms with van der Waals surface area (Å²) in [6.45, 7) is 7.34. The SMILES string of the molecule is CC(C)(C)c1ccc(C(=O)N2C=C(c3ccccc3)CCC2)cc1. The minimum atomic E-state index is 0.0867. The van der Waals surface area contributed by atoms with E-state index in [0.29, 0.717) is 0 Å². The van der Waals surface area contributed by atoms with Crippen LogP contribution in [0.25, 0.3) is 5.57 Å². The van der Waals surface area contributed by atoms with Gasteiger partial charge in [0.2, 0.25) is 0 Å². The number of hydrogen-bond donors (Lipinski definition) is 0. The van der Waals surface area contributed by atoms with Gasteiger partial charge in [0.25, 0.3) is 5.91 Å². The number of rotatable bonds is 2. The number of nitrogens with zero attached hydrogens (tertiary/aromatic N) is 1. The zero-order chi connectivity index (χ0) is 17.2. The lowest BCUT2D eigenvalue weighted by atomic mass is 9.86.